The smallest absolute Gasteiger partial charge is 0.137 e. The van der Waals surface area contributed by atoms with Gasteiger partial charge in [0.05, 0.1) is 0 Å². The quantitative estimate of drug-likeness (QED) is 0.864. The number of anilines is 2. The molecule has 0 saturated heterocycles. The molecule has 2 rings (SSSR count). The van der Waals surface area contributed by atoms with E-state index in [1.165, 1.54) is 25.7 Å². The van der Waals surface area contributed by atoms with E-state index in [0.717, 1.165) is 48.3 Å². The van der Waals surface area contributed by atoms with Gasteiger partial charge in [-0.3, -0.25) is 0 Å². The van der Waals surface area contributed by atoms with Crippen LogP contribution in [0.4, 0.5) is 11.6 Å². The lowest BCUT2D eigenvalue weighted by Crippen LogP contribution is -2.26. The fourth-order valence-electron chi connectivity index (χ4n) is 3.17. The van der Waals surface area contributed by atoms with Gasteiger partial charge in [0.25, 0.3) is 0 Å². The molecule has 20 heavy (non-hydrogen) atoms. The van der Waals surface area contributed by atoms with Crippen molar-refractivity contribution in [2.75, 3.05) is 30.9 Å². The molecule has 0 atom stereocenters. The van der Waals surface area contributed by atoms with E-state index in [4.69, 9.17) is 4.98 Å². The zero-order valence-corrected chi connectivity index (χ0v) is 13.4. The van der Waals surface area contributed by atoms with Gasteiger partial charge >= 0.3 is 0 Å². The van der Waals surface area contributed by atoms with Crippen molar-refractivity contribution in [1.82, 2.24) is 9.97 Å². The van der Waals surface area contributed by atoms with Crippen molar-refractivity contribution < 1.29 is 0 Å². The van der Waals surface area contributed by atoms with Gasteiger partial charge in [0.15, 0.2) is 0 Å². The lowest BCUT2D eigenvalue weighted by atomic mass is 10.1. The maximum atomic E-state index is 4.79. The summed E-state index contributed by atoms with van der Waals surface area (Å²) >= 11 is 0. The SMILES string of the molecule is CCCc1nc(NC)c(C)c(N(C)CC2CCCC2)n1. The summed E-state index contributed by atoms with van der Waals surface area (Å²) in [6.45, 7) is 5.40. The Hall–Kier alpha value is -1.32. The van der Waals surface area contributed by atoms with Gasteiger partial charge in [0.1, 0.15) is 17.5 Å². The summed E-state index contributed by atoms with van der Waals surface area (Å²) in [7, 11) is 4.11. The number of nitrogens with one attached hydrogen (secondary N) is 1. The van der Waals surface area contributed by atoms with E-state index in [-0.39, 0.29) is 0 Å². The molecule has 1 aromatic heterocycles. The average Bonchev–Trinajstić information content (AvgIpc) is 2.93. The molecular formula is C16H28N4. The number of aryl methyl sites for hydroxylation is 1. The molecule has 1 aromatic rings. The topological polar surface area (TPSA) is 41.1 Å². The second-order valence-electron chi connectivity index (χ2n) is 5.97. The summed E-state index contributed by atoms with van der Waals surface area (Å²) in [5, 5.41) is 3.21. The summed E-state index contributed by atoms with van der Waals surface area (Å²) in [5.74, 6) is 3.86. The van der Waals surface area contributed by atoms with Crippen molar-refractivity contribution >= 4 is 11.6 Å². The highest BCUT2D eigenvalue weighted by atomic mass is 15.2. The van der Waals surface area contributed by atoms with E-state index < -0.39 is 0 Å². The number of hydrogen-bond donors (Lipinski definition) is 1. The normalized spacial score (nSPS) is 15.6. The number of rotatable bonds is 6. The molecule has 0 aliphatic heterocycles. The minimum atomic E-state index is 0.835. The highest BCUT2D eigenvalue weighted by Crippen LogP contribution is 2.28. The van der Waals surface area contributed by atoms with Crippen LogP contribution < -0.4 is 10.2 Å². The van der Waals surface area contributed by atoms with Gasteiger partial charge in [-0.25, -0.2) is 9.97 Å². The second-order valence-corrected chi connectivity index (χ2v) is 5.97. The van der Waals surface area contributed by atoms with E-state index >= 15 is 0 Å². The molecule has 1 aliphatic rings. The molecule has 4 heteroatoms. The Balaban J connectivity index is 2.20. The molecular weight excluding hydrogens is 248 g/mol. The van der Waals surface area contributed by atoms with Crippen LogP contribution in [0.25, 0.3) is 0 Å². The van der Waals surface area contributed by atoms with E-state index in [2.05, 4.69) is 36.1 Å². The highest BCUT2D eigenvalue weighted by Gasteiger charge is 2.20. The maximum Gasteiger partial charge on any atom is 0.137 e. The lowest BCUT2D eigenvalue weighted by Gasteiger charge is -2.25. The fraction of sp³-hybridized carbons (Fsp3) is 0.750. The van der Waals surface area contributed by atoms with Gasteiger partial charge in [-0.2, -0.15) is 0 Å². The lowest BCUT2D eigenvalue weighted by molar-refractivity contribution is 0.544. The third-order valence-corrected chi connectivity index (χ3v) is 4.25. The first-order chi connectivity index (χ1) is 9.65. The minimum absolute atomic E-state index is 0.835. The zero-order chi connectivity index (χ0) is 14.5. The van der Waals surface area contributed by atoms with Crippen LogP contribution in [0.2, 0.25) is 0 Å². The van der Waals surface area contributed by atoms with Crippen molar-refractivity contribution in [1.29, 1.82) is 0 Å². The molecule has 1 aliphatic carbocycles. The molecule has 1 saturated carbocycles. The molecule has 1 heterocycles. The molecule has 112 valence electrons. The summed E-state index contributed by atoms with van der Waals surface area (Å²) in [6.07, 6.45) is 7.55. The highest BCUT2D eigenvalue weighted by molar-refractivity contribution is 5.58. The average molecular weight is 276 g/mol. The molecule has 0 spiro atoms. The van der Waals surface area contributed by atoms with Gasteiger partial charge < -0.3 is 10.2 Å². The first-order valence-electron chi connectivity index (χ1n) is 7.92. The third kappa shape index (κ3) is 3.41. The van der Waals surface area contributed by atoms with Crippen molar-refractivity contribution in [3.05, 3.63) is 11.4 Å². The van der Waals surface area contributed by atoms with Gasteiger partial charge in [-0.05, 0) is 32.1 Å². The minimum Gasteiger partial charge on any atom is -0.373 e. The molecule has 1 N–H and O–H groups in total. The first-order valence-corrected chi connectivity index (χ1v) is 7.92. The predicted octanol–water partition coefficient (Wildman–Crippen LogP) is 3.41. The number of aromatic nitrogens is 2. The van der Waals surface area contributed by atoms with Crippen LogP contribution in [0.5, 0.6) is 0 Å². The van der Waals surface area contributed by atoms with Crippen LogP contribution in [-0.4, -0.2) is 30.6 Å². The van der Waals surface area contributed by atoms with Crippen LogP contribution >= 0.6 is 0 Å². The Morgan fingerprint density at radius 2 is 1.95 bits per heavy atom. The summed E-state index contributed by atoms with van der Waals surface area (Å²) in [4.78, 5) is 11.7. The Morgan fingerprint density at radius 1 is 1.25 bits per heavy atom. The standard InChI is InChI=1S/C16H28N4/c1-5-8-14-18-15(17-3)12(2)16(19-14)20(4)11-13-9-6-7-10-13/h13H,5-11H2,1-4H3,(H,17,18,19). The molecule has 0 radical (unpaired) electrons. The maximum absolute atomic E-state index is 4.79. The van der Waals surface area contributed by atoms with Crippen molar-refractivity contribution in [2.24, 2.45) is 5.92 Å². The van der Waals surface area contributed by atoms with E-state index in [1.54, 1.807) is 0 Å². The molecule has 0 bridgehead atoms. The molecule has 0 amide bonds. The molecule has 1 fully saturated rings. The first kappa shape index (κ1) is 15.1. The number of nitrogens with zero attached hydrogens (tertiary/aromatic N) is 3. The van der Waals surface area contributed by atoms with E-state index in [9.17, 15) is 0 Å². The van der Waals surface area contributed by atoms with Crippen LogP contribution in [0.1, 0.15) is 50.4 Å². The summed E-state index contributed by atoms with van der Waals surface area (Å²) in [5.41, 5.74) is 1.16. The predicted molar refractivity (Wildman–Crippen MR) is 85.5 cm³/mol. The van der Waals surface area contributed by atoms with E-state index in [1.807, 2.05) is 7.05 Å². The monoisotopic (exact) mass is 276 g/mol. The van der Waals surface area contributed by atoms with Crippen molar-refractivity contribution in [2.45, 2.75) is 52.4 Å². The van der Waals surface area contributed by atoms with Gasteiger partial charge in [-0.1, -0.05) is 19.8 Å². The van der Waals surface area contributed by atoms with Crippen molar-refractivity contribution in [3.8, 4) is 0 Å². The Kier molecular flexibility index (Phi) is 5.21. The van der Waals surface area contributed by atoms with E-state index in [0.29, 0.717) is 0 Å². The number of hydrogen-bond acceptors (Lipinski definition) is 4. The second kappa shape index (κ2) is 6.91. The third-order valence-electron chi connectivity index (χ3n) is 4.25. The Bertz CT molecular complexity index is 438. The van der Waals surface area contributed by atoms with Crippen LogP contribution in [-0.2, 0) is 6.42 Å². The molecule has 4 nitrogen and oxygen atoms in total. The Labute approximate surface area is 123 Å². The molecule has 0 unspecified atom stereocenters. The summed E-state index contributed by atoms with van der Waals surface area (Å²) in [6, 6.07) is 0. The van der Waals surface area contributed by atoms with Crippen LogP contribution in [0, 0.1) is 12.8 Å². The Morgan fingerprint density at radius 3 is 2.55 bits per heavy atom. The van der Waals surface area contributed by atoms with Gasteiger partial charge in [0, 0.05) is 32.6 Å². The van der Waals surface area contributed by atoms with Gasteiger partial charge in [0.2, 0.25) is 0 Å². The van der Waals surface area contributed by atoms with Crippen LogP contribution in [0.3, 0.4) is 0 Å². The fourth-order valence-corrected chi connectivity index (χ4v) is 3.17. The van der Waals surface area contributed by atoms with Gasteiger partial charge in [-0.15, -0.1) is 0 Å². The van der Waals surface area contributed by atoms with Crippen molar-refractivity contribution in [3.63, 3.8) is 0 Å². The molecule has 0 aromatic carbocycles. The largest absolute Gasteiger partial charge is 0.373 e. The zero-order valence-electron chi connectivity index (χ0n) is 13.4. The van der Waals surface area contributed by atoms with Crippen LogP contribution in [0.15, 0.2) is 0 Å². The summed E-state index contributed by atoms with van der Waals surface area (Å²) < 4.78 is 0.